The summed E-state index contributed by atoms with van der Waals surface area (Å²) in [5.74, 6) is 5.88. The normalized spacial score (nSPS) is 11.1. The van der Waals surface area contributed by atoms with Crippen LogP contribution in [0.25, 0.3) is 0 Å². The summed E-state index contributed by atoms with van der Waals surface area (Å²) in [6.07, 6.45) is 7.43. The molecule has 0 atom stereocenters. The number of nitrogens with zero attached hydrogens (tertiary/aromatic N) is 2. The van der Waals surface area contributed by atoms with Crippen LogP contribution < -0.4 is 33.4 Å². The van der Waals surface area contributed by atoms with Gasteiger partial charge >= 0.3 is 0 Å². The van der Waals surface area contributed by atoms with Gasteiger partial charge in [0.25, 0.3) is 5.91 Å². The van der Waals surface area contributed by atoms with Crippen LogP contribution in [0.2, 0.25) is 0 Å². The Bertz CT molecular complexity index is 1110. The van der Waals surface area contributed by atoms with Crippen LogP contribution >= 0.6 is 0 Å². The molecule has 0 saturated carbocycles. The van der Waals surface area contributed by atoms with Crippen LogP contribution in [-0.4, -0.2) is 33.6 Å². The summed E-state index contributed by atoms with van der Waals surface area (Å²) >= 11 is 0. The summed E-state index contributed by atoms with van der Waals surface area (Å²) < 4.78 is 0. The predicted octanol–water partition coefficient (Wildman–Crippen LogP) is 1.09. The van der Waals surface area contributed by atoms with E-state index in [2.05, 4.69) is 31.0 Å². The average molecular weight is 449 g/mol. The second-order valence-corrected chi connectivity index (χ2v) is 7.31. The van der Waals surface area contributed by atoms with Gasteiger partial charge in [-0.15, -0.1) is 0 Å². The number of imidazole rings is 1. The molecule has 2 heterocycles. The van der Waals surface area contributed by atoms with Crippen molar-refractivity contribution < 1.29 is 4.79 Å². The second kappa shape index (κ2) is 11.3. The Labute approximate surface area is 191 Å². The van der Waals surface area contributed by atoms with Crippen molar-refractivity contribution in [2.45, 2.75) is 19.4 Å². The molecule has 1 amide bonds. The van der Waals surface area contributed by atoms with E-state index in [1.165, 1.54) is 6.21 Å². The first-order valence-electron chi connectivity index (χ1n) is 10.3. The van der Waals surface area contributed by atoms with Crippen molar-refractivity contribution >= 4 is 29.4 Å². The highest BCUT2D eigenvalue weighted by Crippen LogP contribution is 2.24. The smallest absolute Gasteiger partial charge is 0.251 e. The first kappa shape index (κ1) is 23.3. The first-order chi connectivity index (χ1) is 16.0. The van der Waals surface area contributed by atoms with Crippen LogP contribution in [0.4, 0.5) is 17.3 Å². The van der Waals surface area contributed by atoms with Gasteiger partial charge in [0.15, 0.2) is 5.82 Å². The van der Waals surface area contributed by atoms with Gasteiger partial charge in [-0.05, 0) is 34.9 Å². The molecule has 0 aliphatic heterocycles. The molecule has 0 radical (unpaired) electrons. The van der Waals surface area contributed by atoms with Crippen molar-refractivity contribution in [2.24, 2.45) is 5.84 Å². The number of anilines is 3. The van der Waals surface area contributed by atoms with Crippen molar-refractivity contribution in [3.8, 4) is 0 Å². The van der Waals surface area contributed by atoms with Gasteiger partial charge in [0, 0.05) is 55.8 Å². The quantitative estimate of drug-likeness (QED) is 0.121. The number of hydrazine groups is 1. The molecule has 172 valence electrons. The Morgan fingerprint density at radius 2 is 2.00 bits per heavy atom. The topological polar surface area (TPSA) is 197 Å². The van der Waals surface area contributed by atoms with E-state index in [1.807, 2.05) is 12.1 Å². The molecule has 3 aromatic rings. The van der Waals surface area contributed by atoms with E-state index in [1.54, 1.807) is 36.9 Å². The van der Waals surface area contributed by atoms with E-state index in [9.17, 15) is 4.79 Å². The number of rotatable bonds is 11. The number of aromatic amines is 1. The maximum atomic E-state index is 12.3. The number of nitrogens with one attached hydrogen (secondary N) is 5. The van der Waals surface area contributed by atoms with Crippen molar-refractivity contribution in [3.05, 3.63) is 77.0 Å². The highest BCUT2D eigenvalue weighted by atomic mass is 16.1. The van der Waals surface area contributed by atoms with Crippen molar-refractivity contribution in [1.29, 1.82) is 5.41 Å². The van der Waals surface area contributed by atoms with Gasteiger partial charge in [0.1, 0.15) is 5.82 Å². The standard InChI is InChI=1S/C22H28N10O/c23-9-15(7-17-8-19(24)31-21(32-26)20(17)25)11-27-10-14-1-3-16(4-2-14)22(33)29-6-5-18-12-28-13-30-18/h1-4,8-9,11-13,23,27H,5-7,10,25-26H2,(H,28,30)(H,29,33)(H3,24,31,32)/b15-11-,23-9?. The van der Waals surface area contributed by atoms with Gasteiger partial charge in [-0.25, -0.2) is 15.8 Å². The number of aromatic nitrogens is 3. The largest absolute Gasteiger partial charge is 0.395 e. The molecule has 11 nitrogen and oxygen atoms in total. The van der Waals surface area contributed by atoms with Crippen LogP contribution in [0.15, 0.2) is 54.6 Å². The molecule has 0 saturated heterocycles. The van der Waals surface area contributed by atoms with E-state index in [0.717, 1.165) is 16.8 Å². The zero-order chi connectivity index (χ0) is 23.6. The number of benzene rings is 1. The van der Waals surface area contributed by atoms with Crippen molar-refractivity contribution in [2.75, 3.05) is 23.4 Å². The maximum Gasteiger partial charge on any atom is 0.251 e. The van der Waals surface area contributed by atoms with E-state index in [0.29, 0.717) is 48.6 Å². The molecule has 11 heteroatoms. The second-order valence-electron chi connectivity index (χ2n) is 7.31. The van der Waals surface area contributed by atoms with Gasteiger partial charge in [0.2, 0.25) is 0 Å². The van der Waals surface area contributed by atoms with E-state index >= 15 is 0 Å². The number of amides is 1. The van der Waals surface area contributed by atoms with Gasteiger partial charge in [-0.2, -0.15) is 0 Å². The number of carbonyl (C=O) groups is 1. The molecule has 2 aromatic heterocycles. The zero-order valence-electron chi connectivity index (χ0n) is 18.1. The summed E-state index contributed by atoms with van der Waals surface area (Å²) in [4.78, 5) is 23.3. The van der Waals surface area contributed by atoms with Crippen LogP contribution in [0, 0.1) is 5.41 Å². The van der Waals surface area contributed by atoms with Crippen LogP contribution in [-0.2, 0) is 19.4 Å². The molecule has 0 spiro atoms. The number of nitrogen functional groups attached to an aromatic ring is 3. The zero-order valence-corrected chi connectivity index (χ0v) is 18.1. The van der Waals surface area contributed by atoms with Crippen molar-refractivity contribution in [3.63, 3.8) is 0 Å². The summed E-state index contributed by atoms with van der Waals surface area (Å²) in [6.45, 7) is 1.06. The lowest BCUT2D eigenvalue weighted by Crippen LogP contribution is -2.25. The predicted molar refractivity (Wildman–Crippen MR) is 129 cm³/mol. The number of hydrogen-bond acceptors (Lipinski definition) is 9. The van der Waals surface area contributed by atoms with Gasteiger partial charge in [0.05, 0.1) is 12.0 Å². The Morgan fingerprint density at radius 3 is 2.67 bits per heavy atom. The fourth-order valence-electron chi connectivity index (χ4n) is 3.16. The third-order valence-electron chi connectivity index (χ3n) is 4.93. The van der Waals surface area contributed by atoms with Crippen LogP contribution in [0.3, 0.4) is 0 Å². The third kappa shape index (κ3) is 6.55. The molecular weight excluding hydrogens is 420 g/mol. The lowest BCUT2D eigenvalue weighted by molar-refractivity contribution is 0.0954. The molecule has 33 heavy (non-hydrogen) atoms. The molecule has 3 rings (SSSR count). The number of pyridine rings is 1. The minimum atomic E-state index is -0.124. The highest BCUT2D eigenvalue weighted by molar-refractivity contribution is 5.94. The minimum Gasteiger partial charge on any atom is -0.395 e. The molecule has 1 aromatic carbocycles. The van der Waals surface area contributed by atoms with Gasteiger partial charge in [-0.3, -0.25) is 4.79 Å². The Morgan fingerprint density at radius 1 is 1.21 bits per heavy atom. The molecular formula is C22H28N10O. The monoisotopic (exact) mass is 448 g/mol. The highest BCUT2D eigenvalue weighted by Gasteiger charge is 2.10. The fraction of sp³-hybridized carbons (Fsp3) is 0.182. The number of carbonyl (C=O) groups excluding carboxylic acids is 1. The number of hydrogen-bond donors (Lipinski definition) is 8. The Hall–Kier alpha value is -4.38. The van der Waals surface area contributed by atoms with Gasteiger partial charge in [-0.1, -0.05) is 12.1 Å². The maximum absolute atomic E-state index is 12.3. The van der Waals surface area contributed by atoms with E-state index < -0.39 is 0 Å². The first-order valence-corrected chi connectivity index (χ1v) is 10.3. The van der Waals surface area contributed by atoms with Gasteiger partial charge < -0.3 is 37.9 Å². The lowest BCUT2D eigenvalue weighted by atomic mass is 10.1. The SMILES string of the molecule is N=C/C(=C\NCc1ccc(C(=O)NCCc2cnc[nH]2)cc1)Cc1cc(N)nc(NN)c1N. The van der Waals surface area contributed by atoms with Crippen LogP contribution in [0.1, 0.15) is 27.2 Å². The van der Waals surface area contributed by atoms with E-state index in [4.69, 9.17) is 22.7 Å². The average Bonchev–Trinajstić information content (AvgIpc) is 3.34. The van der Waals surface area contributed by atoms with Crippen LogP contribution in [0.5, 0.6) is 0 Å². The Balaban J connectivity index is 1.52. The number of nitrogens with two attached hydrogens (primary N) is 3. The lowest BCUT2D eigenvalue weighted by Gasteiger charge is -2.12. The molecule has 0 aliphatic carbocycles. The van der Waals surface area contributed by atoms with Crippen molar-refractivity contribution in [1.82, 2.24) is 25.6 Å². The summed E-state index contributed by atoms with van der Waals surface area (Å²) in [6, 6.07) is 8.99. The molecule has 0 bridgehead atoms. The summed E-state index contributed by atoms with van der Waals surface area (Å²) in [7, 11) is 0. The number of H-pyrrole nitrogens is 1. The molecule has 11 N–H and O–H groups in total. The summed E-state index contributed by atoms with van der Waals surface area (Å²) in [5.41, 5.74) is 18.6. The number of allylic oxidation sites excluding steroid dienone is 1. The third-order valence-corrected chi connectivity index (χ3v) is 4.93. The molecule has 0 aliphatic rings. The fourth-order valence-corrected chi connectivity index (χ4v) is 3.16. The molecule has 0 fully saturated rings. The minimum absolute atomic E-state index is 0.124. The Kier molecular flexibility index (Phi) is 7.97. The molecule has 0 unspecified atom stereocenters. The summed E-state index contributed by atoms with van der Waals surface area (Å²) in [5, 5.41) is 13.8. The van der Waals surface area contributed by atoms with E-state index in [-0.39, 0.29) is 11.7 Å².